The summed E-state index contributed by atoms with van der Waals surface area (Å²) >= 11 is 0. The summed E-state index contributed by atoms with van der Waals surface area (Å²) in [5, 5.41) is 12.9. The van der Waals surface area contributed by atoms with Crippen LogP contribution in [0.2, 0.25) is 0 Å². The molecule has 39 heavy (non-hydrogen) atoms. The second-order valence-electron chi connectivity index (χ2n) is 9.52. The summed E-state index contributed by atoms with van der Waals surface area (Å²) in [6, 6.07) is 31.8. The van der Waals surface area contributed by atoms with Crippen LogP contribution in [0.15, 0.2) is 115 Å². The van der Waals surface area contributed by atoms with Crippen molar-refractivity contribution in [2.75, 3.05) is 0 Å². The molecule has 0 unspecified atom stereocenters. The predicted molar refractivity (Wildman–Crippen MR) is 153 cm³/mol. The maximum atomic E-state index is 14.1. The van der Waals surface area contributed by atoms with E-state index in [-0.39, 0.29) is 43.7 Å². The molecule has 0 aliphatic heterocycles. The number of benzene rings is 5. The van der Waals surface area contributed by atoms with Crippen molar-refractivity contribution in [3.8, 4) is 11.8 Å². The molecule has 0 radical (unpaired) electrons. The molecular weight excluding hydrogens is 488 g/mol. The summed E-state index contributed by atoms with van der Waals surface area (Å²) in [6.07, 6.45) is 0. The summed E-state index contributed by atoms with van der Waals surface area (Å²) in [5.41, 5.74) is 3.57. The lowest BCUT2D eigenvalue weighted by atomic mass is 10.1. The number of hydrogen-bond acceptors (Lipinski definition) is 5. The van der Waals surface area contributed by atoms with E-state index in [9.17, 15) is 14.9 Å². The van der Waals surface area contributed by atoms with E-state index in [4.69, 9.17) is 8.83 Å². The van der Waals surface area contributed by atoms with Crippen LogP contribution in [0.3, 0.4) is 0 Å². The van der Waals surface area contributed by atoms with Crippen molar-refractivity contribution in [2.24, 2.45) is 0 Å². The zero-order valence-electron chi connectivity index (χ0n) is 20.3. The minimum atomic E-state index is -0.305. The topological polar surface area (TPSA) is 89.1 Å². The first-order valence-corrected chi connectivity index (χ1v) is 12.4. The highest BCUT2D eigenvalue weighted by Gasteiger charge is 2.19. The molecule has 0 aliphatic carbocycles. The summed E-state index contributed by atoms with van der Waals surface area (Å²) in [5.74, 6) is 0. The van der Waals surface area contributed by atoms with Gasteiger partial charge < -0.3 is 13.4 Å². The zero-order chi connectivity index (χ0) is 26.2. The Kier molecular flexibility index (Phi) is 4.21. The third kappa shape index (κ3) is 2.84. The molecule has 3 aromatic heterocycles. The molecule has 0 fully saturated rings. The molecule has 0 amide bonds. The molecule has 3 heterocycles. The molecule has 182 valence electrons. The molecular formula is C33H16N2O4. The molecule has 0 aliphatic rings. The number of rotatable bonds is 1. The normalized spacial score (nSPS) is 11.8. The molecule has 8 rings (SSSR count). The Hall–Kier alpha value is -5.67. The average Bonchev–Trinajstić information content (AvgIpc) is 3.30. The molecule has 0 spiro atoms. The van der Waals surface area contributed by atoms with Crippen molar-refractivity contribution in [2.45, 2.75) is 0 Å². The van der Waals surface area contributed by atoms with E-state index in [1.54, 1.807) is 36.4 Å². The van der Waals surface area contributed by atoms with Gasteiger partial charge in [0, 0.05) is 16.8 Å². The Balaban J connectivity index is 1.52. The molecule has 6 heteroatoms. The highest BCUT2D eigenvalue weighted by molar-refractivity contribution is 6.11. The first kappa shape index (κ1) is 21.4. The first-order valence-electron chi connectivity index (χ1n) is 12.4. The van der Waals surface area contributed by atoms with E-state index >= 15 is 0 Å². The summed E-state index contributed by atoms with van der Waals surface area (Å²) in [6.45, 7) is 0. The monoisotopic (exact) mass is 504 g/mol. The van der Waals surface area contributed by atoms with E-state index in [2.05, 4.69) is 22.8 Å². The van der Waals surface area contributed by atoms with Gasteiger partial charge >= 0.3 is 0 Å². The Morgan fingerprint density at radius 1 is 0.590 bits per heavy atom. The molecule has 0 N–H and O–H groups in total. The molecule has 0 saturated heterocycles. The SMILES string of the molecule is N#Cc1cccc2c(=O)c3cc4c(=O)c5c(-n6c7ccccc7c7ccccc76)cccc5oc4cc3oc12. The van der Waals surface area contributed by atoms with E-state index in [0.29, 0.717) is 22.2 Å². The fourth-order valence-electron chi connectivity index (χ4n) is 5.71. The lowest BCUT2D eigenvalue weighted by molar-refractivity contribution is 0.645. The van der Waals surface area contributed by atoms with Gasteiger partial charge in [-0.05, 0) is 42.5 Å². The molecule has 8 aromatic rings. The van der Waals surface area contributed by atoms with E-state index in [1.165, 1.54) is 0 Å². The third-order valence-corrected chi connectivity index (χ3v) is 7.44. The van der Waals surface area contributed by atoms with Crippen molar-refractivity contribution >= 4 is 65.7 Å². The van der Waals surface area contributed by atoms with Crippen LogP contribution in [0.1, 0.15) is 5.56 Å². The highest BCUT2D eigenvalue weighted by Crippen LogP contribution is 2.35. The van der Waals surface area contributed by atoms with Gasteiger partial charge in [0.1, 0.15) is 22.8 Å². The standard InChI is InChI=1S/C33H16N2O4/c34-17-18-7-5-10-21-31(36)22-15-23-28(16-29(22)39-33(18)21)38-27-14-6-13-26(30(27)32(23)37)35-24-11-3-1-8-19(24)20-9-2-4-12-25(20)35/h1-16H. The Morgan fingerprint density at radius 3 is 1.97 bits per heavy atom. The second-order valence-corrected chi connectivity index (χ2v) is 9.52. The highest BCUT2D eigenvalue weighted by atomic mass is 16.3. The molecule has 5 aromatic carbocycles. The lowest BCUT2D eigenvalue weighted by Gasteiger charge is -2.12. The number of nitriles is 1. The van der Waals surface area contributed by atoms with Crippen molar-refractivity contribution in [1.29, 1.82) is 5.26 Å². The van der Waals surface area contributed by atoms with E-state index in [1.807, 2.05) is 48.5 Å². The van der Waals surface area contributed by atoms with Gasteiger partial charge in [-0.2, -0.15) is 5.26 Å². The van der Waals surface area contributed by atoms with Crippen molar-refractivity contribution in [1.82, 2.24) is 4.57 Å². The lowest BCUT2D eigenvalue weighted by Crippen LogP contribution is -2.09. The molecule has 6 nitrogen and oxygen atoms in total. The Morgan fingerprint density at radius 2 is 1.23 bits per heavy atom. The maximum Gasteiger partial charge on any atom is 0.202 e. The van der Waals surface area contributed by atoms with Gasteiger partial charge in [0.25, 0.3) is 0 Å². The number of fused-ring (bicyclic) bond motifs is 7. The minimum absolute atomic E-state index is 0.216. The largest absolute Gasteiger partial charge is 0.456 e. The maximum absolute atomic E-state index is 14.1. The van der Waals surface area contributed by atoms with Crippen molar-refractivity contribution in [3.63, 3.8) is 0 Å². The zero-order valence-corrected chi connectivity index (χ0v) is 20.3. The van der Waals surface area contributed by atoms with Crippen molar-refractivity contribution in [3.05, 3.63) is 123 Å². The molecule has 0 bridgehead atoms. The van der Waals surface area contributed by atoms with E-state index in [0.717, 1.165) is 21.8 Å². The smallest absolute Gasteiger partial charge is 0.202 e. The van der Waals surface area contributed by atoms with Crippen LogP contribution in [0.25, 0.3) is 71.4 Å². The van der Waals surface area contributed by atoms with Crippen LogP contribution < -0.4 is 10.9 Å². The number of aromatic nitrogens is 1. The van der Waals surface area contributed by atoms with Gasteiger partial charge in [0.15, 0.2) is 5.58 Å². The Labute approximate surface area is 219 Å². The first-order chi connectivity index (χ1) is 19.1. The number of hydrogen-bond donors (Lipinski definition) is 0. The Bertz CT molecular complexity index is 2450. The number of nitrogens with zero attached hydrogens (tertiary/aromatic N) is 2. The van der Waals surface area contributed by atoms with Crippen LogP contribution >= 0.6 is 0 Å². The fraction of sp³-hybridized carbons (Fsp3) is 0. The molecule has 0 saturated carbocycles. The van der Waals surface area contributed by atoms with Gasteiger partial charge in [-0.1, -0.05) is 48.5 Å². The summed E-state index contributed by atoms with van der Waals surface area (Å²) < 4.78 is 14.4. The van der Waals surface area contributed by atoms with Crippen LogP contribution in [0.4, 0.5) is 0 Å². The van der Waals surface area contributed by atoms with Crippen LogP contribution in [0.5, 0.6) is 0 Å². The van der Waals surface area contributed by atoms with Crippen LogP contribution in [0, 0.1) is 11.3 Å². The van der Waals surface area contributed by atoms with Crippen LogP contribution in [-0.4, -0.2) is 4.57 Å². The van der Waals surface area contributed by atoms with Gasteiger partial charge in [0.2, 0.25) is 10.9 Å². The predicted octanol–water partition coefficient (Wildman–Crippen LogP) is 7.17. The fourth-order valence-corrected chi connectivity index (χ4v) is 5.71. The van der Waals surface area contributed by atoms with Crippen molar-refractivity contribution < 1.29 is 8.83 Å². The van der Waals surface area contributed by atoms with E-state index < -0.39 is 0 Å². The van der Waals surface area contributed by atoms with Gasteiger partial charge in [-0.3, -0.25) is 9.59 Å². The molecule has 0 atom stereocenters. The van der Waals surface area contributed by atoms with Gasteiger partial charge in [-0.25, -0.2) is 0 Å². The number of para-hydroxylation sites is 3. The van der Waals surface area contributed by atoms with Crippen LogP contribution in [-0.2, 0) is 0 Å². The van der Waals surface area contributed by atoms with Gasteiger partial charge in [0.05, 0.1) is 43.8 Å². The van der Waals surface area contributed by atoms with Gasteiger partial charge in [-0.15, -0.1) is 0 Å². The summed E-state index contributed by atoms with van der Waals surface area (Å²) in [7, 11) is 0. The minimum Gasteiger partial charge on any atom is -0.456 e. The second kappa shape index (κ2) is 7.67. The third-order valence-electron chi connectivity index (χ3n) is 7.44. The quantitative estimate of drug-likeness (QED) is 0.221. The average molecular weight is 505 g/mol. The summed E-state index contributed by atoms with van der Waals surface area (Å²) in [4.78, 5) is 27.6.